The fourth-order valence-corrected chi connectivity index (χ4v) is 4.45. The highest BCUT2D eigenvalue weighted by Gasteiger charge is 2.38. The molecule has 0 saturated heterocycles. The predicted octanol–water partition coefficient (Wildman–Crippen LogP) is 2.16. The zero-order valence-corrected chi connectivity index (χ0v) is 13.1. The second-order valence-electron chi connectivity index (χ2n) is 5.70. The molecule has 1 aromatic carbocycles. The molecule has 0 heterocycles. The quantitative estimate of drug-likeness (QED) is 0.810. The minimum atomic E-state index is -3.27. The van der Waals surface area contributed by atoms with Crippen molar-refractivity contribution in [2.75, 3.05) is 7.05 Å². The van der Waals surface area contributed by atoms with Crippen LogP contribution in [0.4, 0.5) is 0 Å². The maximum Gasteiger partial charge on any atom is 0.216 e. The van der Waals surface area contributed by atoms with Crippen molar-refractivity contribution in [3.05, 3.63) is 35.4 Å². The number of rotatable bonds is 7. The van der Waals surface area contributed by atoms with Gasteiger partial charge in [-0.05, 0) is 43.9 Å². The molecular formula is C15H24N2O2S. The van der Waals surface area contributed by atoms with Crippen molar-refractivity contribution < 1.29 is 8.42 Å². The van der Waals surface area contributed by atoms with Gasteiger partial charge in [0.05, 0.1) is 5.75 Å². The van der Waals surface area contributed by atoms with Gasteiger partial charge in [0, 0.05) is 12.1 Å². The summed E-state index contributed by atoms with van der Waals surface area (Å²) in [5.41, 5.74) is 1.77. The van der Waals surface area contributed by atoms with E-state index in [9.17, 15) is 8.42 Å². The van der Waals surface area contributed by atoms with E-state index in [1.165, 1.54) is 0 Å². The Kier molecular flexibility index (Phi) is 4.83. The van der Waals surface area contributed by atoms with Crippen LogP contribution in [0.5, 0.6) is 0 Å². The molecule has 1 aliphatic carbocycles. The van der Waals surface area contributed by atoms with E-state index < -0.39 is 10.0 Å². The number of benzene rings is 1. The summed E-state index contributed by atoms with van der Waals surface area (Å²) in [6.45, 7) is 2.80. The van der Waals surface area contributed by atoms with E-state index in [0.29, 0.717) is 0 Å². The van der Waals surface area contributed by atoms with Crippen molar-refractivity contribution >= 4 is 10.0 Å². The van der Waals surface area contributed by atoms with Crippen molar-refractivity contribution in [1.82, 2.24) is 10.0 Å². The lowest BCUT2D eigenvalue weighted by Crippen LogP contribution is -2.53. The zero-order chi connectivity index (χ0) is 14.6. The Morgan fingerprint density at radius 3 is 2.50 bits per heavy atom. The molecule has 0 atom stereocenters. The van der Waals surface area contributed by atoms with Gasteiger partial charge in [-0.15, -0.1) is 0 Å². The number of sulfonamides is 1. The van der Waals surface area contributed by atoms with Crippen LogP contribution in [0.15, 0.2) is 24.3 Å². The first-order valence-corrected chi connectivity index (χ1v) is 8.88. The van der Waals surface area contributed by atoms with Gasteiger partial charge in [-0.25, -0.2) is 13.1 Å². The molecule has 1 fully saturated rings. The molecule has 0 spiro atoms. The highest BCUT2D eigenvalue weighted by Crippen LogP contribution is 2.35. The molecule has 1 saturated carbocycles. The standard InChI is InChI=1S/C15H24N2O2S/c1-3-15(8-5-9-15)17-20(18,19)12-14-7-4-6-13(10-14)11-16-2/h4,6-7,10,16-17H,3,5,8-9,11-12H2,1-2H3. The van der Waals surface area contributed by atoms with Gasteiger partial charge in [-0.2, -0.15) is 0 Å². The van der Waals surface area contributed by atoms with E-state index >= 15 is 0 Å². The van der Waals surface area contributed by atoms with Crippen LogP contribution in [0.2, 0.25) is 0 Å². The summed E-state index contributed by atoms with van der Waals surface area (Å²) in [7, 11) is -1.39. The molecule has 20 heavy (non-hydrogen) atoms. The van der Waals surface area contributed by atoms with Crippen LogP contribution in [-0.4, -0.2) is 21.0 Å². The van der Waals surface area contributed by atoms with Crippen LogP contribution >= 0.6 is 0 Å². The smallest absolute Gasteiger partial charge is 0.216 e. The van der Waals surface area contributed by atoms with Gasteiger partial charge in [-0.1, -0.05) is 31.2 Å². The average molecular weight is 296 g/mol. The Morgan fingerprint density at radius 2 is 1.95 bits per heavy atom. The molecule has 4 nitrogen and oxygen atoms in total. The first-order valence-electron chi connectivity index (χ1n) is 7.23. The molecule has 0 bridgehead atoms. The third kappa shape index (κ3) is 3.81. The van der Waals surface area contributed by atoms with Crippen molar-refractivity contribution in [2.24, 2.45) is 0 Å². The molecule has 1 aromatic rings. The minimum Gasteiger partial charge on any atom is -0.316 e. The Bertz CT molecular complexity index is 545. The second-order valence-corrected chi connectivity index (χ2v) is 7.42. The molecule has 2 rings (SSSR count). The van der Waals surface area contributed by atoms with Crippen LogP contribution < -0.4 is 10.0 Å². The first-order chi connectivity index (χ1) is 9.49. The van der Waals surface area contributed by atoms with Crippen LogP contribution in [0.3, 0.4) is 0 Å². The highest BCUT2D eigenvalue weighted by atomic mass is 32.2. The SMILES string of the molecule is CCC1(NS(=O)(=O)Cc2cccc(CNC)c2)CCC1. The number of hydrogen-bond acceptors (Lipinski definition) is 3. The topological polar surface area (TPSA) is 58.2 Å². The van der Waals surface area contributed by atoms with E-state index in [-0.39, 0.29) is 11.3 Å². The predicted molar refractivity (Wildman–Crippen MR) is 81.8 cm³/mol. The van der Waals surface area contributed by atoms with E-state index in [1.807, 2.05) is 31.3 Å². The molecule has 0 amide bonds. The van der Waals surface area contributed by atoms with Crippen molar-refractivity contribution in [1.29, 1.82) is 0 Å². The summed E-state index contributed by atoms with van der Waals surface area (Å²) in [5, 5.41) is 3.07. The maximum atomic E-state index is 12.3. The largest absolute Gasteiger partial charge is 0.316 e. The number of hydrogen-bond donors (Lipinski definition) is 2. The third-order valence-electron chi connectivity index (χ3n) is 4.09. The molecular weight excluding hydrogens is 272 g/mol. The molecule has 0 aliphatic heterocycles. The van der Waals surface area contributed by atoms with Gasteiger partial charge in [0.1, 0.15) is 0 Å². The Morgan fingerprint density at radius 1 is 1.25 bits per heavy atom. The van der Waals surface area contributed by atoms with Gasteiger partial charge in [0.15, 0.2) is 0 Å². The van der Waals surface area contributed by atoms with Gasteiger partial charge in [0.25, 0.3) is 0 Å². The summed E-state index contributed by atoms with van der Waals surface area (Å²) in [6.07, 6.45) is 3.91. The van der Waals surface area contributed by atoms with E-state index in [4.69, 9.17) is 0 Å². The minimum absolute atomic E-state index is 0.0618. The summed E-state index contributed by atoms with van der Waals surface area (Å²) < 4.78 is 27.5. The normalized spacial score (nSPS) is 17.7. The van der Waals surface area contributed by atoms with E-state index in [2.05, 4.69) is 17.0 Å². The summed E-state index contributed by atoms with van der Waals surface area (Å²) >= 11 is 0. The average Bonchev–Trinajstić information content (AvgIpc) is 2.34. The summed E-state index contributed by atoms with van der Waals surface area (Å²) in [5.74, 6) is 0.0618. The van der Waals surface area contributed by atoms with Crippen molar-refractivity contribution in [3.63, 3.8) is 0 Å². The molecule has 5 heteroatoms. The van der Waals surface area contributed by atoms with Gasteiger partial charge >= 0.3 is 0 Å². The zero-order valence-electron chi connectivity index (χ0n) is 12.3. The Labute approximate surface area is 122 Å². The monoisotopic (exact) mass is 296 g/mol. The van der Waals surface area contributed by atoms with E-state index in [1.54, 1.807) is 0 Å². The van der Waals surface area contributed by atoms with Crippen LogP contribution in [0.25, 0.3) is 0 Å². The lowest BCUT2D eigenvalue weighted by Gasteiger charge is -2.41. The first kappa shape index (κ1) is 15.5. The summed E-state index contributed by atoms with van der Waals surface area (Å²) in [6, 6.07) is 7.74. The molecule has 1 aliphatic rings. The van der Waals surface area contributed by atoms with Gasteiger partial charge < -0.3 is 5.32 Å². The fourth-order valence-electron chi connectivity index (χ4n) is 2.75. The molecule has 0 radical (unpaired) electrons. The fraction of sp³-hybridized carbons (Fsp3) is 0.600. The molecule has 0 aromatic heterocycles. The van der Waals surface area contributed by atoms with Crippen LogP contribution in [0, 0.1) is 0 Å². The molecule has 2 N–H and O–H groups in total. The summed E-state index contributed by atoms with van der Waals surface area (Å²) in [4.78, 5) is 0. The second kappa shape index (κ2) is 6.24. The van der Waals surface area contributed by atoms with Gasteiger partial charge in [-0.3, -0.25) is 0 Å². The number of nitrogens with one attached hydrogen (secondary N) is 2. The lowest BCUT2D eigenvalue weighted by molar-refractivity contribution is 0.213. The Hall–Kier alpha value is -0.910. The highest BCUT2D eigenvalue weighted by molar-refractivity contribution is 7.88. The third-order valence-corrected chi connectivity index (χ3v) is 5.55. The van der Waals surface area contributed by atoms with Crippen molar-refractivity contribution in [3.8, 4) is 0 Å². The van der Waals surface area contributed by atoms with Crippen LogP contribution in [-0.2, 0) is 22.3 Å². The maximum absolute atomic E-state index is 12.3. The van der Waals surface area contributed by atoms with Gasteiger partial charge in [0.2, 0.25) is 10.0 Å². The molecule has 0 unspecified atom stereocenters. The van der Waals surface area contributed by atoms with E-state index in [0.717, 1.165) is 43.4 Å². The Balaban J connectivity index is 2.06. The van der Waals surface area contributed by atoms with Crippen molar-refractivity contribution in [2.45, 2.75) is 50.4 Å². The molecule has 112 valence electrons. The van der Waals surface area contributed by atoms with Crippen LogP contribution in [0.1, 0.15) is 43.7 Å². The lowest BCUT2D eigenvalue weighted by atomic mass is 9.76.